The highest BCUT2D eigenvalue weighted by molar-refractivity contribution is 6.16. The first kappa shape index (κ1) is 21.5. The second-order valence-electron chi connectivity index (χ2n) is 10.5. The molecule has 0 bridgehead atoms. The van der Waals surface area contributed by atoms with E-state index in [2.05, 4.69) is 149 Å². The van der Waals surface area contributed by atoms with Gasteiger partial charge in [0.05, 0.1) is 22.1 Å². The maximum Gasteiger partial charge on any atom is 0.146 e. The maximum absolute atomic E-state index is 5.45. The van der Waals surface area contributed by atoms with Crippen LogP contribution in [-0.4, -0.2) is 14.1 Å². The Hall–Kier alpha value is -5.41. The van der Waals surface area contributed by atoms with Crippen LogP contribution in [0.5, 0.6) is 0 Å². The van der Waals surface area contributed by atoms with Gasteiger partial charge in [0.1, 0.15) is 5.65 Å². The van der Waals surface area contributed by atoms with Crippen LogP contribution in [0.1, 0.15) is 0 Å². The first-order valence-electron chi connectivity index (χ1n) is 13.7. The van der Waals surface area contributed by atoms with E-state index in [1.54, 1.807) is 0 Å². The lowest BCUT2D eigenvalue weighted by molar-refractivity contribution is 1.15. The van der Waals surface area contributed by atoms with Gasteiger partial charge >= 0.3 is 0 Å². The van der Waals surface area contributed by atoms with Gasteiger partial charge in [-0.3, -0.25) is 4.57 Å². The van der Waals surface area contributed by atoms with Crippen molar-refractivity contribution < 1.29 is 0 Å². The molecule has 186 valence electrons. The number of hydrogen-bond acceptors (Lipinski definition) is 1. The molecule has 0 radical (unpaired) electrons. The summed E-state index contributed by atoms with van der Waals surface area (Å²) >= 11 is 0. The molecule has 0 N–H and O–H groups in total. The summed E-state index contributed by atoms with van der Waals surface area (Å²) in [5, 5.41) is 8.44. The Balaban J connectivity index is 1.41. The van der Waals surface area contributed by atoms with E-state index in [0.29, 0.717) is 0 Å². The van der Waals surface area contributed by atoms with Crippen molar-refractivity contribution >= 4 is 65.4 Å². The lowest BCUT2D eigenvalue weighted by Gasteiger charge is -2.10. The molecule has 3 nitrogen and oxygen atoms in total. The van der Waals surface area contributed by atoms with Crippen LogP contribution < -0.4 is 0 Å². The Morgan fingerprint density at radius 3 is 1.57 bits per heavy atom. The van der Waals surface area contributed by atoms with Crippen molar-refractivity contribution in [2.24, 2.45) is 0 Å². The van der Waals surface area contributed by atoms with Crippen LogP contribution in [0.15, 0.2) is 140 Å². The monoisotopic (exact) mass is 509 g/mol. The molecule has 9 rings (SSSR count). The van der Waals surface area contributed by atoms with Crippen molar-refractivity contribution in [3.8, 4) is 11.4 Å². The molecular formula is C37H23N3. The van der Waals surface area contributed by atoms with E-state index in [1.807, 2.05) is 0 Å². The summed E-state index contributed by atoms with van der Waals surface area (Å²) in [4.78, 5) is 5.45. The molecule has 0 aliphatic heterocycles. The van der Waals surface area contributed by atoms with E-state index in [9.17, 15) is 0 Å². The Labute approximate surface area is 230 Å². The molecule has 0 amide bonds. The highest BCUT2D eigenvalue weighted by Crippen LogP contribution is 2.38. The number of rotatable bonds is 2. The zero-order chi connectivity index (χ0) is 26.2. The number of nitrogens with zero attached hydrogens (tertiary/aromatic N) is 3. The van der Waals surface area contributed by atoms with E-state index < -0.39 is 0 Å². The molecule has 3 heterocycles. The van der Waals surface area contributed by atoms with Gasteiger partial charge in [-0.1, -0.05) is 97.1 Å². The minimum absolute atomic E-state index is 0.977. The lowest BCUT2D eigenvalue weighted by atomic mass is 10.1. The fraction of sp³-hybridized carbons (Fsp3) is 0. The fourth-order valence-corrected chi connectivity index (χ4v) is 6.41. The summed E-state index contributed by atoms with van der Waals surface area (Å²) in [5.41, 5.74) is 7.69. The van der Waals surface area contributed by atoms with Gasteiger partial charge in [0.25, 0.3) is 0 Å². The summed E-state index contributed by atoms with van der Waals surface area (Å²) in [6, 6.07) is 50.1. The maximum atomic E-state index is 5.45. The Morgan fingerprint density at radius 2 is 0.900 bits per heavy atom. The average molecular weight is 510 g/mol. The third-order valence-electron chi connectivity index (χ3n) is 8.25. The van der Waals surface area contributed by atoms with Crippen molar-refractivity contribution in [3.63, 3.8) is 0 Å². The summed E-state index contributed by atoms with van der Waals surface area (Å²) in [7, 11) is 0. The molecule has 0 aliphatic carbocycles. The van der Waals surface area contributed by atoms with E-state index >= 15 is 0 Å². The van der Waals surface area contributed by atoms with Gasteiger partial charge in [0.15, 0.2) is 0 Å². The molecule has 6 aromatic carbocycles. The van der Waals surface area contributed by atoms with Gasteiger partial charge < -0.3 is 4.57 Å². The molecule has 0 fully saturated rings. The highest BCUT2D eigenvalue weighted by atomic mass is 15.1. The predicted molar refractivity (Wildman–Crippen MR) is 168 cm³/mol. The van der Waals surface area contributed by atoms with Gasteiger partial charge in [0, 0.05) is 27.5 Å². The molecule has 9 aromatic rings. The molecule has 0 saturated heterocycles. The van der Waals surface area contributed by atoms with Gasteiger partial charge in [0.2, 0.25) is 0 Å². The van der Waals surface area contributed by atoms with Crippen LogP contribution in [0.4, 0.5) is 0 Å². The normalized spacial score (nSPS) is 12.0. The van der Waals surface area contributed by atoms with Crippen LogP contribution in [-0.2, 0) is 0 Å². The molecule has 0 aliphatic rings. The van der Waals surface area contributed by atoms with Crippen LogP contribution in [0.3, 0.4) is 0 Å². The minimum Gasteiger partial charge on any atom is -0.308 e. The molecule has 3 heteroatoms. The number of para-hydroxylation sites is 2. The molecule has 0 atom stereocenters. The van der Waals surface area contributed by atoms with Crippen LogP contribution >= 0.6 is 0 Å². The molecule has 0 unspecified atom stereocenters. The molecule has 3 aromatic heterocycles. The van der Waals surface area contributed by atoms with Crippen molar-refractivity contribution in [1.82, 2.24) is 14.1 Å². The number of aromatic nitrogens is 3. The second kappa shape index (κ2) is 8.05. The van der Waals surface area contributed by atoms with Gasteiger partial charge in [-0.15, -0.1) is 0 Å². The SMILES string of the molecule is c1ccc2cc(-n3c4ccccc4c4nc5c(cc43)c3ccccc3n5-c3ccc4ccccc4c3)ccc2c1. The minimum atomic E-state index is 0.977. The second-order valence-corrected chi connectivity index (χ2v) is 10.5. The van der Waals surface area contributed by atoms with E-state index in [-0.39, 0.29) is 0 Å². The topological polar surface area (TPSA) is 22.8 Å². The summed E-state index contributed by atoms with van der Waals surface area (Å²) in [5.74, 6) is 0. The Bertz CT molecular complexity index is 2270. The summed E-state index contributed by atoms with van der Waals surface area (Å²) in [6.45, 7) is 0. The predicted octanol–water partition coefficient (Wildman–Crippen LogP) is 9.58. The number of pyridine rings is 1. The third kappa shape index (κ3) is 2.97. The summed E-state index contributed by atoms with van der Waals surface area (Å²) in [6.07, 6.45) is 0. The smallest absolute Gasteiger partial charge is 0.146 e. The lowest BCUT2D eigenvalue weighted by Crippen LogP contribution is -1.97. The summed E-state index contributed by atoms with van der Waals surface area (Å²) < 4.78 is 4.68. The number of benzene rings is 6. The number of hydrogen-bond donors (Lipinski definition) is 0. The average Bonchev–Trinajstić information content (AvgIpc) is 3.51. The first-order chi connectivity index (χ1) is 19.8. The standard InChI is InChI=1S/C37H23N3/c1-3-11-26-21-28(19-17-24(26)9-1)39-34-16-8-6-14-31(34)36-35(39)23-32-30-13-5-7-15-33(30)40(37(32)38-36)29-20-18-25-10-2-4-12-27(25)22-29/h1-23H. The fourth-order valence-electron chi connectivity index (χ4n) is 6.41. The van der Waals surface area contributed by atoms with Crippen LogP contribution in [0.2, 0.25) is 0 Å². The zero-order valence-electron chi connectivity index (χ0n) is 21.6. The quantitative estimate of drug-likeness (QED) is 0.227. The Kier molecular flexibility index (Phi) is 4.33. The van der Waals surface area contributed by atoms with Gasteiger partial charge in [-0.25, -0.2) is 4.98 Å². The molecule has 0 saturated carbocycles. The highest BCUT2D eigenvalue weighted by Gasteiger charge is 2.19. The van der Waals surface area contributed by atoms with E-state index in [4.69, 9.17) is 4.98 Å². The molecule has 40 heavy (non-hydrogen) atoms. The first-order valence-corrected chi connectivity index (χ1v) is 13.7. The van der Waals surface area contributed by atoms with Crippen LogP contribution in [0, 0.1) is 0 Å². The molecule has 0 spiro atoms. The van der Waals surface area contributed by atoms with Crippen LogP contribution in [0.25, 0.3) is 76.8 Å². The molecular weight excluding hydrogens is 486 g/mol. The van der Waals surface area contributed by atoms with E-state index in [1.165, 1.54) is 26.9 Å². The van der Waals surface area contributed by atoms with Crippen molar-refractivity contribution in [2.75, 3.05) is 0 Å². The largest absolute Gasteiger partial charge is 0.308 e. The Morgan fingerprint density at radius 1 is 0.375 bits per heavy atom. The zero-order valence-corrected chi connectivity index (χ0v) is 21.6. The van der Waals surface area contributed by atoms with Crippen molar-refractivity contribution in [3.05, 3.63) is 140 Å². The van der Waals surface area contributed by atoms with Crippen molar-refractivity contribution in [2.45, 2.75) is 0 Å². The van der Waals surface area contributed by atoms with Gasteiger partial charge in [-0.05, 0) is 64.0 Å². The van der Waals surface area contributed by atoms with Crippen molar-refractivity contribution in [1.29, 1.82) is 0 Å². The van der Waals surface area contributed by atoms with E-state index in [0.717, 1.165) is 49.9 Å². The number of fused-ring (bicyclic) bond motifs is 8. The van der Waals surface area contributed by atoms with Gasteiger partial charge in [-0.2, -0.15) is 0 Å². The third-order valence-corrected chi connectivity index (χ3v) is 8.25.